The fourth-order valence-electron chi connectivity index (χ4n) is 4.10. The molecule has 0 saturated carbocycles. The van der Waals surface area contributed by atoms with Crippen LogP contribution in [0.2, 0.25) is 0 Å². The van der Waals surface area contributed by atoms with Crippen molar-refractivity contribution in [3.8, 4) is 0 Å². The lowest BCUT2D eigenvalue weighted by molar-refractivity contribution is 0.256. The summed E-state index contributed by atoms with van der Waals surface area (Å²) >= 11 is 5.11. The topological polar surface area (TPSA) is 3.24 Å². The van der Waals surface area contributed by atoms with Crippen molar-refractivity contribution in [3.05, 3.63) is 70.8 Å². The van der Waals surface area contributed by atoms with Crippen LogP contribution in [0.3, 0.4) is 0 Å². The Morgan fingerprint density at radius 3 is 1.87 bits per heavy atom. The first-order chi connectivity index (χ1) is 11.4. The number of benzene rings is 2. The molecule has 116 valence electrons. The molecule has 0 unspecified atom stereocenters. The Morgan fingerprint density at radius 1 is 0.826 bits per heavy atom. The highest BCUT2D eigenvalue weighted by molar-refractivity contribution is 7.78. The van der Waals surface area contributed by atoms with Crippen molar-refractivity contribution in [1.29, 1.82) is 0 Å². The van der Waals surface area contributed by atoms with E-state index in [4.69, 9.17) is 12.2 Å². The quantitative estimate of drug-likeness (QED) is 0.719. The van der Waals surface area contributed by atoms with Gasteiger partial charge in [0.2, 0.25) is 0 Å². The molecule has 0 aromatic heterocycles. The Bertz CT molecular complexity index is 692. The van der Waals surface area contributed by atoms with E-state index in [9.17, 15) is 0 Å². The molecule has 1 heterocycles. The third kappa shape index (κ3) is 2.72. The minimum absolute atomic E-state index is 0.490. The van der Waals surface area contributed by atoms with Gasteiger partial charge in [0.15, 0.2) is 0 Å². The average Bonchev–Trinajstić information content (AvgIpc) is 2.79. The maximum absolute atomic E-state index is 5.11. The Hall–Kier alpha value is -1.93. The number of thiocarbonyl (C=S) groups is 1. The van der Waals surface area contributed by atoms with Crippen LogP contribution in [-0.2, 0) is 0 Å². The summed E-state index contributed by atoms with van der Waals surface area (Å²) in [6.45, 7) is 2.17. The van der Waals surface area contributed by atoms with E-state index in [2.05, 4.69) is 65.6 Å². The number of hydrogen-bond donors (Lipinski definition) is 0. The van der Waals surface area contributed by atoms with Gasteiger partial charge in [-0.1, -0.05) is 72.9 Å². The summed E-state index contributed by atoms with van der Waals surface area (Å²) in [5, 5.41) is 0. The SMILES string of the molecule is S=CN1CCC(C2c3ccccc3C=Cc3ccccc32)CC1. The van der Waals surface area contributed by atoms with Crippen molar-refractivity contribution in [2.24, 2.45) is 5.92 Å². The molecule has 0 radical (unpaired) electrons. The Kier molecular flexibility index (Phi) is 4.00. The number of nitrogens with zero attached hydrogens (tertiary/aromatic N) is 1. The van der Waals surface area contributed by atoms with E-state index in [1.54, 1.807) is 0 Å². The van der Waals surface area contributed by atoms with Crippen molar-refractivity contribution in [2.75, 3.05) is 13.1 Å². The van der Waals surface area contributed by atoms with Crippen molar-refractivity contribution >= 4 is 29.9 Å². The van der Waals surface area contributed by atoms with E-state index in [0.717, 1.165) is 13.1 Å². The van der Waals surface area contributed by atoms with Crippen molar-refractivity contribution in [2.45, 2.75) is 18.8 Å². The van der Waals surface area contributed by atoms with Gasteiger partial charge in [0.05, 0.1) is 5.49 Å². The molecule has 2 heteroatoms. The lowest BCUT2D eigenvalue weighted by Crippen LogP contribution is -2.34. The van der Waals surface area contributed by atoms with Crippen LogP contribution in [0.5, 0.6) is 0 Å². The first-order valence-corrected chi connectivity index (χ1v) is 8.89. The number of likely N-dealkylation sites (tertiary alicyclic amines) is 1. The molecule has 1 nitrogen and oxygen atoms in total. The molecule has 1 saturated heterocycles. The fraction of sp³-hybridized carbons (Fsp3) is 0.286. The zero-order chi connectivity index (χ0) is 15.6. The molecule has 2 aliphatic rings. The van der Waals surface area contributed by atoms with Crippen LogP contribution >= 0.6 is 12.2 Å². The van der Waals surface area contributed by atoms with Gasteiger partial charge in [-0.05, 0) is 41.0 Å². The number of hydrogen-bond acceptors (Lipinski definition) is 1. The van der Waals surface area contributed by atoms with E-state index in [0.29, 0.717) is 11.8 Å². The van der Waals surface area contributed by atoms with Gasteiger partial charge in [-0.15, -0.1) is 0 Å². The summed E-state index contributed by atoms with van der Waals surface area (Å²) in [4.78, 5) is 2.28. The van der Waals surface area contributed by atoms with Crippen LogP contribution in [0.4, 0.5) is 0 Å². The van der Waals surface area contributed by atoms with Gasteiger partial charge in [-0.25, -0.2) is 0 Å². The zero-order valence-electron chi connectivity index (χ0n) is 13.2. The summed E-state index contributed by atoms with van der Waals surface area (Å²) in [5.41, 5.74) is 7.52. The van der Waals surface area contributed by atoms with Gasteiger partial charge in [0.1, 0.15) is 0 Å². The second-order valence-corrected chi connectivity index (χ2v) is 6.76. The number of rotatable bonds is 2. The zero-order valence-corrected chi connectivity index (χ0v) is 14.0. The van der Waals surface area contributed by atoms with Crippen molar-refractivity contribution in [3.63, 3.8) is 0 Å². The summed E-state index contributed by atoms with van der Waals surface area (Å²) < 4.78 is 0. The normalized spacial score (nSPS) is 18.2. The first-order valence-electron chi connectivity index (χ1n) is 8.42. The minimum atomic E-state index is 0.490. The molecule has 4 rings (SSSR count). The highest BCUT2D eigenvalue weighted by Gasteiger charge is 2.31. The molecule has 1 aliphatic heterocycles. The third-order valence-corrected chi connectivity index (χ3v) is 5.60. The minimum Gasteiger partial charge on any atom is -0.369 e. The molecule has 23 heavy (non-hydrogen) atoms. The first kappa shape index (κ1) is 14.6. The molecule has 1 aliphatic carbocycles. The van der Waals surface area contributed by atoms with Gasteiger partial charge in [0, 0.05) is 19.0 Å². The summed E-state index contributed by atoms with van der Waals surface area (Å²) in [6.07, 6.45) is 6.97. The largest absolute Gasteiger partial charge is 0.369 e. The third-order valence-electron chi connectivity index (χ3n) is 5.30. The van der Waals surface area contributed by atoms with Crippen LogP contribution < -0.4 is 0 Å². The molecule has 1 fully saturated rings. The van der Waals surface area contributed by atoms with E-state index in [1.165, 1.54) is 35.1 Å². The molecule has 0 amide bonds. The standard InChI is InChI=1S/C21H21NS/c23-15-22-13-11-18(12-14-22)21-19-7-3-1-5-16(19)9-10-17-6-2-4-8-20(17)21/h1-10,15,18,21H,11-14H2. The average molecular weight is 319 g/mol. The molecule has 0 atom stereocenters. The Morgan fingerprint density at radius 2 is 1.35 bits per heavy atom. The predicted molar refractivity (Wildman–Crippen MR) is 102 cm³/mol. The summed E-state index contributed by atoms with van der Waals surface area (Å²) in [7, 11) is 0. The van der Waals surface area contributed by atoms with Crippen molar-refractivity contribution in [1.82, 2.24) is 4.90 Å². The lowest BCUT2D eigenvalue weighted by Gasteiger charge is -2.36. The van der Waals surface area contributed by atoms with Crippen LogP contribution in [0.15, 0.2) is 48.5 Å². The Balaban J connectivity index is 1.78. The molecule has 0 bridgehead atoms. The molecule has 0 N–H and O–H groups in total. The highest BCUT2D eigenvalue weighted by Crippen LogP contribution is 2.42. The van der Waals surface area contributed by atoms with Gasteiger partial charge < -0.3 is 4.90 Å². The van der Waals surface area contributed by atoms with Gasteiger partial charge in [-0.2, -0.15) is 0 Å². The molecule has 0 spiro atoms. The summed E-state index contributed by atoms with van der Waals surface area (Å²) in [5.74, 6) is 1.17. The van der Waals surface area contributed by atoms with Crippen molar-refractivity contribution < 1.29 is 0 Å². The predicted octanol–water partition coefficient (Wildman–Crippen LogP) is 4.97. The van der Waals surface area contributed by atoms with E-state index in [-0.39, 0.29) is 0 Å². The molecule has 2 aromatic rings. The molecule has 2 aromatic carbocycles. The van der Waals surface area contributed by atoms with E-state index >= 15 is 0 Å². The van der Waals surface area contributed by atoms with Crippen LogP contribution in [0, 0.1) is 5.92 Å². The van der Waals surface area contributed by atoms with Gasteiger partial charge in [-0.3, -0.25) is 0 Å². The van der Waals surface area contributed by atoms with Gasteiger partial charge >= 0.3 is 0 Å². The maximum Gasteiger partial charge on any atom is 0.0640 e. The second-order valence-electron chi connectivity index (χ2n) is 6.55. The van der Waals surface area contributed by atoms with E-state index < -0.39 is 0 Å². The summed E-state index contributed by atoms with van der Waals surface area (Å²) in [6, 6.07) is 17.8. The second kappa shape index (κ2) is 6.29. The highest BCUT2D eigenvalue weighted by atomic mass is 32.1. The van der Waals surface area contributed by atoms with Crippen LogP contribution in [0.1, 0.15) is 41.0 Å². The smallest absolute Gasteiger partial charge is 0.0640 e. The van der Waals surface area contributed by atoms with Crippen LogP contribution in [0.25, 0.3) is 12.2 Å². The monoisotopic (exact) mass is 319 g/mol. The lowest BCUT2D eigenvalue weighted by atomic mass is 9.74. The van der Waals surface area contributed by atoms with Crippen LogP contribution in [-0.4, -0.2) is 23.5 Å². The molecular weight excluding hydrogens is 298 g/mol. The van der Waals surface area contributed by atoms with E-state index in [1.807, 2.05) is 5.49 Å². The Labute approximate surface area is 143 Å². The van der Waals surface area contributed by atoms with Gasteiger partial charge in [0.25, 0.3) is 0 Å². The molecular formula is C21H21NS. The number of piperidine rings is 1. The maximum atomic E-state index is 5.11. The number of fused-ring (bicyclic) bond motifs is 2. The fourth-order valence-corrected chi connectivity index (χ4v) is 4.32.